The van der Waals surface area contributed by atoms with Crippen molar-refractivity contribution in [3.8, 4) is 0 Å². The summed E-state index contributed by atoms with van der Waals surface area (Å²) in [5, 5.41) is 15.4. The molecule has 8 heteroatoms. The molecule has 2 aromatic carbocycles. The lowest BCUT2D eigenvalue weighted by atomic mass is 10.1. The molecule has 0 bridgehead atoms. The number of carbonyl (C=O) groups excluding carboxylic acids is 1. The summed E-state index contributed by atoms with van der Waals surface area (Å²) in [6, 6.07) is 9.05. The highest BCUT2D eigenvalue weighted by Gasteiger charge is 2.13. The molecule has 23 heavy (non-hydrogen) atoms. The van der Waals surface area contributed by atoms with Crippen LogP contribution in [0.15, 0.2) is 41.5 Å². The van der Waals surface area contributed by atoms with Crippen molar-refractivity contribution in [1.29, 1.82) is 0 Å². The van der Waals surface area contributed by atoms with Gasteiger partial charge in [-0.2, -0.15) is 5.10 Å². The molecule has 6 nitrogen and oxygen atoms in total. The Balaban J connectivity index is 2.12. The monoisotopic (exact) mass is 351 g/mol. The van der Waals surface area contributed by atoms with Crippen LogP contribution in [0.5, 0.6) is 0 Å². The van der Waals surface area contributed by atoms with Crippen molar-refractivity contribution >= 4 is 41.0 Å². The first kappa shape index (κ1) is 16.9. The molecule has 1 amide bonds. The standard InChI is InChI=1S/C15H11Cl2N3O3/c1-9-7-10(5-6-14(9)20(22)23)15(21)19-18-8-11-12(16)3-2-4-13(11)17/h2-8H,1H3,(H,19,21)/b18-8+. The molecule has 0 fully saturated rings. The fourth-order valence-corrected chi connectivity index (χ4v) is 2.35. The molecule has 0 aliphatic carbocycles. The summed E-state index contributed by atoms with van der Waals surface area (Å²) in [4.78, 5) is 22.2. The van der Waals surface area contributed by atoms with Crippen LogP contribution in [0, 0.1) is 17.0 Å². The van der Waals surface area contributed by atoms with Gasteiger partial charge in [0.25, 0.3) is 11.6 Å². The number of nitrogens with one attached hydrogen (secondary N) is 1. The van der Waals surface area contributed by atoms with Crippen LogP contribution in [-0.4, -0.2) is 17.0 Å². The van der Waals surface area contributed by atoms with Crippen LogP contribution in [0.2, 0.25) is 10.0 Å². The number of halogens is 2. The van der Waals surface area contributed by atoms with E-state index < -0.39 is 10.8 Å². The van der Waals surface area contributed by atoms with E-state index in [2.05, 4.69) is 10.5 Å². The van der Waals surface area contributed by atoms with E-state index in [0.717, 1.165) is 0 Å². The van der Waals surface area contributed by atoms with E-state index in [1.54, 1.807) is 25.1 Å². The predicted octanol–water partition coefficient (Wildman–Crippen LogP) is 3.97. The topological polar surface area (TPSA) is 84.6 Å². The van der Waals surface area contributed by atoms with Gasteiger partial charge >= 0.3 is 0 Å². The lowest BCUT2D eigenvalue weighted by molar-refractivity contribution is -0.385. The smallest absolute Gasteiger partial charge is 0.267 e. The van der Waals surface area contributed by atoms with Gasteiger partial charge in [0.15, 0.2) is 0 Å². The number of nitro benzene ring substituents is 1. The van der Waals surface area contributed by atoms with Gasteiger partial charge in [0.1, 0.15) is 0 Å². The number of nitrogens with zero attached hydrogens (tertiary/aromatic N) is 2. The molecule has 0 saturated heterocycles. The second kappa shape index (κ2) is 7.21. The van der Waals surface area contributed by atoms with Crippen molar-refractivity contribution in [2.24, 2.45) is 5.10 Å². The van der Waals surface area contributed by atoms with Gasteiger partial charge in [0.05, 0.1) is 21.2 Å². The molecule has 118 valence electrons. The van der Waals surface area contributed by atoms with Crippen LogP contribution >= 0.6 is 23.2 Å². The van der Waals surface area contributed by atoms with Gasteiger partial charge in [-0.1, -0.05) is 29.3 Å². The number of hydrogen-bond donors (Lipinski definition) is 1. The average molecular weight is 352 g/mol. The molecule has 2 aromatic rings. The third-order valence-electron chi connectivity index (χ3n) is 3.02. The molecule has 0 spiro atoms. The zero-order chi connectivity index (χ0) is 17.0. The highest BCUT2D eigenvalue weighted by Crippen LogP contribution is 2.22. The van der Waals surface area contributed by atoms with Gasteiger partial charge in [0, 0.05) is 22.8 Å². The Morgan fingerprint density at radius 2 is 1.91 bits per heavy atom. The van der Waals surface area contributed by atoms with Crippen molar-refractivity contribution in [3.63, 3.8) is 0 Å². The van der Waals surface area contributed by atoms with Gasteiger partial charge in [-0.3, -0.25) is 14.9 Å². The number of carbonyl (C=O) groups is 1. The van der Waals surface area contributed by atoms with Gasteiger partial charge < -0.3 is 0 Å². The van der Waals surface area contributed by atoms with Crippen molar-refractivity contribution in [2.75, 3.05) is 0 Å². The lowest BCUT2D eigenvalue weighted by Crippen LogP contribution is -2.17. The van der Waals surface area contributed by atoms with Gasteiger partial charge in [-0.15, -0.1) is 0 Å². The Morgan fingerprint density at radius 1 is 1.26 bits per heavy atom. The number of amides is 1. The zero-order valence-electron chi connectivity index (χ0n) is 11.9. The summed E-state index contributed by atoms with van der Waals surface area (Å²) in [5.41, 5.74) is 3.40. The fraction of sp³-hybridized carbons (Fsp3) is 0.0667. The molecule has 1 N–H and O–H groups in total. The van der Waals surface area contributed by atoms with E-state index in [1.165, 1.54) is 24.4 Å². The minimum absolute atomic E-state index is 0.0482. The van der Waals surface area contributed by atoms with Gasteiger partial charge in [0.2, 0.25) is 0 Å². The average Bonchev–Trinajstić information content (AvgIpc) is 2.49. The van der Waals surface area contributed by atoms with E-state index >= 15 is 0 Å². The second-order valence-electron chi connectivity index (χ2n) is 4.59. The number of hydrazone groups is 1. The SMILES string of the molecule is Cc1cc(C(=O)N/N=C/c2c(Cl)cccc2Cl)ccc1[N+](=O)[O-]. The molecule has 0 unspecified atom stereocenters. The summed E-state index contributed by atoms with van der Waals surface area (Å²) < 4.78 is 0. The van der Waals surface area contributed by atoms with Crippen molar-refractivity contribution in [1.82, 2.24) is 5.43 Å². The minimum atomic E-state index is -0.505. The summed E-state index contributed by atoms with van der Waals surface area (Å²) in [6.07, 6.45) is 1.33. The second-order valence-corrected chi connectivity index (χ2v) is 5.41. The number of nitro groups is 1. The first-order chi connectivity index (χ1) is 10.9. The van der Waals surface area contributed by atoms with Crippen molar-refractivity contribution in [2.45, 2.75) is 6.92 Å². The van der Waals surface area contributed by atoms with E-state index in [1.807, 2.05) is 0 Å². The largest absolute Gasteiger partial charge is 0.272 e. The van der Waals surface area contributed by atoms with Gasteiger partial charge in [-0.05, 0) is 31.2 Å². The highest BCUT2D eigenvalue weighted by atomic mass is 35.5. The quantitative estimate of drug-likeness (QED) is 0.513. The third kappa shape index (κ3) is 4.06. The number of aryl methyl sites for hydroxylation is 1. The number of hydrogen-bond acceptors (Lipinski definition) is 4. The van der Waals surface area contributed by atoms with Crippen LogP contribution in [0.4, 0.5) is 5.69 Å². The lowest BCUT2D eigenvalue weighted by Gasteiger charge is -2.03. The molecule has 0 aliphatic heterocycles. The molecule has 0 radical (unpaired) electrons. The Hall–Kier alpha value is -2.44. The fourth-order valence-electron chi connectivity index (χ4n) is 1.86. The Labute approximate surface area is 141 Å². The Kier molecular flexibility index (Phi) is 5.31. The van der Waals surface area contributed by atoms with Crippen LogP contribution in [0.1, 0.15) is 21.5 Å². The van der Waals surface area contributed by atoms with Crippen LogP contribution in [0.25, 0.3) is 0 Å². The maximum atomic E-state index is 12.0. The van der Waals surface area contributed by atoms with Gasteiger partial charge in [-0.25, -0.2) is 5.43 Å². The maximum absolute atomic E-state index is 12.0. The number of benzene rings is 2. The van der Waals surface area contributed by atoms with E-state index in [-0.39, 0.29) is 11.3 Å². The highest BCUT2D eigenvalue weighted by molar-refractivity contribution is 6.38. The number of rotatable bonds is 4. The molecule has 2 rings (SSSR count). The normalized spacial score (nSPS) is 10.7. The zero-order valence-corrected chi connectivity index (χ0v) is 13.4. The maximum Gasteiger partial charge on any atom is 0.272 e. The molecular weight excluding hydrogens is 341 g/mol. The van der Waals surface area contributed by atoms with E-state index in [0.29, 0.717) is 21.2 Å². The summed E-state index contributed by atoms with van der Waals surface area (Å²) in [5.74, 6) is -0.498. The molecule has 0 saturated carbocycles. The first-order valence-electron chi connectivity index (χ1n) is 6.42. The van der Waals surface area contributed by atoms with Crippen LogP contribution < -0.4 is 5.43 Å². The van der Waals surface area contributed by atoms with Crippen LogP contribution in [-0.2, 0) is 0 Å². The Bertz CT molecular complexity index is 786. The van der Waals surface area contributed by atoms with Crippen molar-refractivity contribution in [3.05, 3.63) is 73.2 Å². The molecule has 0 aliphatic rings. The molecular formula is C15H11Cl2N3O3. The van der Waals surface area contributed by atoms with E-state index in [4.69, 9.17) is 23.2 Å². The molecule has 0 heterocycles. The minimum Gasteiger partial charge on any atom is -0.267 e. The first-order valence-corrected chi connectivity index (χ1v) is 7.18. The Morgan fingerprint density at radius 3 is 2.48 bits per heavy atom. The summed E-state index contributed by atoms with van der Waals surface area (Å²) >= 11 is 12.0. The third-order valence-corrected chi connectivity index (χ3v) is 3.67. The molecule has 0 atom stereocenters. The molecule has 0 aromatic heterocycles. The van der Waals surface area contributed by atoms with Crippen molar-refractivity contribution < 1.29 is 9.72 Å². The van der Waals surface area contributed by atoms with Crippen LogP contribution in [0.3, 0.4) is 0 Å². The summed E-state index contributed by atoms with van der Waals surface area (Å²) in [6.45, 7) is 1.56. The summed E-state index contributed by atoms with van der Waals surface area (Å²) in [7, 11) is 0. The van der Waals surface area contributed by atoms with E-state index in [9.17, 15) is 14.9 Å². The predicted molar refractivity (Wildman–Crippen MR) is 89.4 cm³/mol.